The maximum atomic E-state index is 11.2. The van der Waals surface area contributed by atoms with E-state index in [2.05, 4.69) is 21.0 Å². The summed E-state index contributed by atoms with van der Waals surface area (Å²) in [4.78, 5) is 15.2. The SMILES string of the molecule is C#CC(C)Nc1cc(C(=O)OC)ccn1. The summed E-state index contributed by atoms with van der Waals surface area (Å²) in [5.74, 6) is 2.67. The van der Waals surface area contributed by atoms with E-state index < -0.39 is 5.97 Å². The van der Waals surface area contributed by atoms with E-state index in [9.17, 15) is 4.79 Å². The predicted octanol–water partition coefficient (Wildman–Crippen LogP) is 1.30. The molecule has 15 heavy (non-hydrogen) atoms. The van der Waals surface area contributed by atoms with E-state index in [1.807, 2.05) is 6.92 Å². The second-order valence-corrected chi connectivity index (χ2v) is 2.95. The number of hydrogen-bond acceptors (Lipinski definition) is 4. The van der Waals surface area contributed by atoms with E-state index in [1.165, 1.54) is 13.3 Å². The number of hydrogen-bond donors (Lipinski definition) is 1. The van der Waals surface area contributed by atoms with Gasteiger partial charge in [0, 0.05) is 6.20 Å². The Balaban J connectivity index is 2.84. The van der Waals surface area contributed by atoms with Gasteiger partial charge in [-0.2, -0.15) is 0 Å². The van der Waals surface area contributed by atoms with Crippen LogP contribution in [0.25, 0.3) is 0 Å². The van der Waals surface area contributed by atoms with Crippen molar-refractivity contribution in [2.75, 3.05) is 12.4 Å². The average Bonchev–Trinajstić information content (AvgIpc) is 2.28. The fourth-order valence-corrected chi connectivity index (χ4v) is 1.02. The summed E-state index contributed by atoms with van der Waals surface area (Å²) in [6.45, 7) is 1.83. The number of esters is 1. The summed E-state index contributed by atoms with van der Waals surface area (Å²) in [7, 11) is 1.33. The number of nitrogens with one attached hydrogen (secondary N) is 1. The first kappa shape index (κ1) is 11.1. The van der Waals surface area contributed by atoms with E-state index in [4.69, 9.17) is 6.42 Å². The zero-order chi connectivity index (χ0) is 11.3. The molecule has 0 saturated heterocycles. The highest BCUT2D eigenvalue weighted by molar-refractivity contribution is 5.89. The van der Waals surface area contributed by atoms with E-state index in [0.717, 1.165) is 0 Å². The quantitative estimate of drug-likeness (QED) is 0.595. The number of pyridine rings is 1. The fraction of sp³-hybridized carbons (Fsp3) is 0.273. The van der Waals surface area contributed by atoms with Crippen LogP contribution in [0.2, 0.25) is 0 Å². The lowest BCUT2D eigenvalue weighted by Crippen LogP contribution is -2.13. The largest absolute Gasteiger partial charge is 0.465 e. The number of carbonyl (C=O) groups is 1. The van der Waals surface area contributed by atoms with Crippen LogP contribution in [-0.4, -0.2) is 24.1 Å². The molecule has 0 spiro atoms. The molecule has 0 aliphatic rings. The van der Waals surface area contributed by atoms with Crippen LogP contribution < -0.4 is 5.32 Å². The Morgan fingerprint density at radius 2 is 2.47 bits per heavy atom. The van der Waals surface area contributed by atoms with E-state index in [0.29, 0.717) is 11.4 Å². The molecule has 0 bridgehead atoms. The highest BCUT2D eigenvalue weighted by Crippen LogP contribution is 2.08. The van der Waals surface area contributed by atoms with Gasteiger partial charge in [0.25, 0.3) is 0 Å². The Morgan fingerprint density at radius 1 is 1.73 bits per heavy atom. The molecule has 1 atom stereocenters. The highest BCUT2D eigenvalue weighted by Gasteiger charge is 2.06. The predicted molar refractivity (Wildman–Crippen MR) is 57.5 cm³/mol. The van der Waals surface area contributed by atoms with Gasteiger partial charge in [0.2, 0.25) is 0 Å². The number of aromatic nitrogens is 1. The van der Waals surface area contributed by atoms with Crippen molar-refractivity contribution in [3.63, 3.8) is 0 Å². The van der Waals surface area contributed by atoms with Gasteiger partial charge in [0.05, 0.1) is 18.7 Å². The molecule has 0 aliphatic carbocycles. The van der Waals surface area contributed by atoms with Crippen molar-refractivity contribution < 1.29 is 9.53 Å². The van der Waals surface area contributed by atoms with Gasteiger partial charge in [-0.15, -0.1) is 6.42 Å². The van der Waals surface area contributed by atoms with Crippen molar-refractivity contribution in [1.82, 2.24) is 4.98 Å². The van der Waals surface area contributed by atoms with Crippen LogP contribution in [0.15, 0.2) is 18.3 Å². The molecule has 4 nitrogen and oxygen atoms in total. The van der Waals surface area contributed by atoms with Crippen molar-refractivity contribution in [1.29, 1.82) is 0 Å². The molecule has 0 fully saturated rings. The summed E-state index contributed by atoms with van der Waals surface area (Å²) < 4.78 is 4.59. The molecule has 1 aromatic rings. The summed E-state index contributed by atoms with van der Waals surface area (Å²) >= 11 is 0. The third-order valence-corrected chi connectivity index (χ3v) is 1.80. The molecule has 1 N–H and O–H groups in total. The van der Waals surface area contributed by atoms with Crippen LogP contribution in [0.5, 0.6) is 0 Å². The fourth-order valence-electron chi connectivity index (χ4n) is 1.02. The molecule has 0 radical (unpaired) electrons. The molecule has 4 heteroatoms. The van der Waals surface area contributed by atoms with Crippen molar-refractivity contribution in [3.8, 4) is 12.3 Å². The van der Waals surface area contributed by atoms with Crippen molar-refractivity contribution in [3.05, 3.63) is 23.9 Å². The van der Waals surface area contributed by atoms with Gasteiger partial charge in [0.15, 0.2) is 0 Å². The molecule has 1 unspecified atom stereocenters. The number of terminal acetylenes is 1. The Bertz CT molecular complexity index is 396. The van der Waals surface area contributed by atoms with Gasteiger partial charge in [-0.1, -0.05) is 5.92 Å². The van der Waals surface area contributed by atoms with E-state index in [1.54, 1.807) is 12.1 Å². The van der Waals surface area contributed by atoms with E-state index in [-0.39, 0.29) is 6.04 Å². The average molecular weight is 204 g/mol. The minimum absolute atomic E-state index is 0.134. The van der Waals surface area contributed by atoms with Crippen molar-refractivity contribution in [2.24, 2.45) is 0 Å². The normalized spacial score (nSPS) is 11.3. The minimum Gasteiger partial charge on any atom is -0.465 e. The number of ether oxygens (including phenoxy) is 1. The number of nitrogens with zero attached hydrogens (tertiary/aromatic N) is 1. The number of methoxy groups -OCH3 is 1. The van der Waals surface area contributed by atoms with Crippen LogP contribution in [0.3, 0.4) is 0 Å². The third kappa shape index (κ3) is 2.99. The Morgan fingerprint density at radius 3 is 3.07 bits per heavy atom. The van der Waals surface area contributed by atoms with Crippen LogP contribution in [0.1, 0.15) is 17.3 Å². The van der Waals surface area contributed by atoms with Crippen molar-refractivity contribution in [2.45, 2.75) is 13.0 Å². The Kier molecular flexibility index (Phi) is 3.69. The highest BCUT2D eigenvalue weighted by atomic mass is 16.5. The first-order chi connectivity index (χ1) is 7.17. The summed E-state index contributed by atoms with van der Waals surface area (Å²) in [5.41, 5.74) is 0.444. The first-order valence-electron chi connectivity index (χ1n) is 4.44. The monoisotopic (exact) mass is 204 g/mol. The Labute approximate surface area is 88.7 Å². The van der Waals surface area contributed by atoms with Crippen LogP contribution in [-0.2, 0) is 4.74 Å². The summed E-state index contributed by atoms with van der Waals surface area (Å²) in [6.07, 6.45) is 6.74. The van der Waals surface area contributed by atoms with E-state index >= 15 is 0 Å². The lowest BCUT2D eigenvalue weighted by Gasteiger charge is -2.08. The molecule has 78 valence electrons. The molecule has 1 aromatic heterocycles. The van der Waals surface area contributed by atoms with Crippen LogP contribution in [0.4, 0.5) is 5.82 Å². The molecule has 0 saturated carbocycles. The van der Waals surface area contributed by atoms with Gasteiger partial charge >= 0.3 is 5.97 Å². The van der Waals surface area contributed by atoms with Crippen LogP contribution in [0, 0.1) is 12.3 Å². The summed E-state index contributed by atoms with van der Waals surface area (Å²) in [5, 5.41) is 2.96. The zero-order valence-corrected chi connectivity index (χ0v) is 8.65. The number of carbonyl (C=O) groups excluding carboxylic acids is 1. The number of anilines is 1. The van der Waals surface area contributed by atoms with Gasteiger partial charge in [-0.05, 0) is 19.1 Å². The molecule has 0 amide bonds. The second kappa shape index (κ2) is 5.01. The van der Waals surface area contributed by atoms with Gasteiger partial charge in [-0.25, -0.2) is 9.78 Å². The lowest BCUT2D eigenvalue weighted by molar-refractivity contribution is 0.0600. The van der Waals surface area contributed by atoms with Gasteiger partial charge in [0.1, 0.15) is 5.82 Å². The smallest absolute Gasteiger partial charge is 0.338 e. The van der Waals surface area contributed by atoms with Crippen molar-refractivity contribution >= 4 is 11.8 Å². The molecular weight excluding hydrogens is 192 g/mol. The first-order valence-corrected chi connectivity index (χ1v) is 4.44. The standard InChI is InChI=1S/C11H12N2O2/c1-4-8(2)13-10-7-9(5-6-12-10)11(14)15-3/h1,5-8H,2-3H3,(H,12,13). The second-order valence-electron chi connectivity index (χ2n) is 2.95. The van der Waals surface area contributed by atoms with Gasteiger partial charge in [-0.3, -0.25) is 0 Å². The maximum Gasteiger partial charge on any atom is 0.338 e. The third-order valence-electron chi connectivity index (χ3n) is 1.80. The van der Waals surface area contributed by atoms with Crippen LogP contribution >= 0.6 is 0 Å². The maximum absolute atomic E-state index is 11.2. The molecule has 0 aliphatic heterocycles. The minimum atomic E-state index is -0.395. The molecule has 1 heterocycles. The van der Waals surface area contributed by atoms with Gasteiger partial charge < -0.3 is 10.1 Å². The topological polar surface area (TPSA) is 51.2 Å². The molecule has 1 rings (SSSR count). The number of rotatable bonds is 3. The molecule has 0 aromatic carbocycles. The Hall–Kier alpha value is -2.02. The molecular formula is C11H12N2O2. The lowest BCUT2D eigenvalue weighted by atomic mass is 10.2. The summed E-state index contributed by atoms with van der Waals surface area (Å²) in [6, 6.07) is 3.04. The zero-order valence-electron chi connectivity index (χ0n) is 8.65.